The standard InChI is InChI=1S/C23H34N4O2/c1-23(2,3)29-22(28)27-11-8-19(9-12-27)7-10-25-13-15-26(16-14-25)21-6-4-5-20(17-21)18-24/h4-6,17,19H,7-16H2,1-3H3. The van der Waals surface area contributed by atoms with Gasteiger partial charge in [-0.25, -0.2) is 4.79 Å². The van der Waals surface area contributed by atoms with Gasteiger partial charge in [0.2, 0.25) is 0 Å². The smallest absolute Gasteiger partial charge is 0.410 e. The molecule has 0 atom stereocenters. The zero-order chi connectivity index (χ0) is 20.9. The van der Waals surface area contributed by atoms with Crippen molar-refractivity contribution in [2.75, 3.05) is 50.7 Å². The molecule has 2 aliphatic heterocycles. The normalized spacial score (nSPS) is 19.1. The molecule has 158 valence electrons. The number of rotatable bonds is 4. The van der Waals surface area contributed by atoms with Crippen molar-refractivity contribution < 1.29 is 9.53 Å². The van der Waals surface area contributed by atoms with Gasteiger partial charge < -0.3 is 14.5 Å². The monoisotopic (exact) mass is 398 g/mol. The summed E-state index contributed by atoms with van der Waals surface area (Å²) in [6, 6.07) is 10.1. The molecule has 0 N–H and O–H groups in total. The highest BCUT2D eigenvalue weighted by Gasteiger charge is 2.27. The van der Waals surface area contributed by atoms with E-state index in [1.807, 2.05) is 43.9 Å². The van der Waals surface area contributed by atoms with Crippen LogP contribution in [0.15, 0.2) is 24.3 Å². The number of nitriles is 1. The van der Waals surface area contributed by atoms with Crippen molar-refractivity contribution in [2.24, 2.45) is 5.92 Å². The number of carbonyl (C=O) groups excluding carboxylic acids is 1. The fourth-order valence-electron chi connectivity index (χ4n) is 4.10. The average Bonchev–Trinajstić information content (AvgIpc) is 2.72. The van der Waals surface area contributed by atoms with Crippen LogP contribution in [0.3, 0.4) is 0 Å². The Balaban J connectivity index is 1.36. The predicted molar refractivity (Wildman–Crippen MR) is 115 cm³/mol. The van der Waals surface area contributed by atoms with E-state index in [4.69, 9.17) is 10.00 Å². The minimum atomic E-state index is -0.425. The van der Waals surface area contributed by atoms with Gasteiger partial charge in [-0.05, 0) is 70.7 Å². The van der Waals surface area contributed by atoms with Crippen molar-refractivity contribution in [1.29, 1.82) is 5.26 Å². The summed E-state index contributed by atoms with van der Waals surface area (Å²) in [6.07, 6.45) is 3.17. The lowest BCUT2D eigenvalue weighted by atomic mass is 9.93. The summed E-state index contributed by atoms with van der Waals surface area (Å²) in [5.41, 5.74) is 1.45. The van der Waals surface area contributed by atoms with E-state index in [-0.39, 0.29) is 6.09 Å². The Labute approximate surface area is 175 Å². The van der Waals surface area contributed by atoms with E-state index in [2.05, 4.69) is 21.9 Å². The fourth-order valence-corrected chi connectivity index (χ4v) is 4.10. The lowest BCUT2D eigenvalue weighted by Crippen LogP contribution is -2.47. The number of benzene rings is 1. The molecule has 1 aromatic carbocycles. The minimum Gasteiger partial charge on any atom is -0.444 e. The summed E-state index contributed by atoms with van der Waals surface area (Å²) in [7, 11) is 0. The number of ether oxygens (including phenoxy) is 1. The summed E-state index contributed by atoms with van der Waals surface area (Å²) >= 11 is 0. The number of hydrogen-bond donors (Lipinski definition) is 0. The van der Waals surface area contributed by atoms with Crippen molar-refractivity contribution in [3.8, 4) is 6.07 Å². The zero-order valence-corrected chi connectivity index (χ0v) is 18.1. The number of amides is 1. The van der Waals surface area contributed by atoms with E-state index < -0.39 is 5.60 Å². The Morgan fingerprint density at radius 1 is 1.14 bits per heavy atom. The number of anilines is 1. The highest BCUT2D eigenvalue weighted by molar-refractivity contribution is 5.68. The fraction of sp³-hybridized carbons (Fsp3) is 0.652. The van der Waals surface area contributed by atoms with E-state index in [0.29, 0.717) is 5.92 Å². The van der Waals surface area contributed by atoms with Crippen molar-refractivity contribution in [3.05, 3.63) is 29.8 Å². The van der Waals surface area contributed by atoms with Crippen LogP contribution in [0.25, 0.3) is 0 Å². The van der Waals surface area contributed by atoms with Gasteiger partial charge in [-0.2, -0.15) is 5.26 Å². The van der Waals surface area contributed by atoms with Crippen molar-refractivity contribution in [3.63, 3.8) is 0 Å². The molecule has 6 nitrogen and oxygen atoms in total. The molecule has 2 saturated heterocycles. The van der Waals surface area contributed by atoms with Crippen LogP contribution < -0.4 is 4.90 Å². The van der Waals surface area contributed by atoms with Crippen LogP contribution in [0.1, 0.15) is 45.6 Å². The number of carbonyl (C=O) groups is 1. The molecule has 0 bridgehead atoms. The van der Waals surface area contributed by atoms with Gasteiger partial charge in [0, 0.05) is 45.0 Å². The third-order valence-corrected chi connectivity index (χ3v) is 5.83. The van der Waals surface area contributed by atoms with E-state index in [1.54, 1.807) is 0 Å². The van der Waals surface area contributed by atoms with Crippen LogP contribution >= 0.6 is 0 Å². The van der Waals surface area contributed by atoms with Gasteiger partial charge in [-0.1, -0.05) is 6.07 Å². The SMILES string of the molecule is CC(C)(C)OC(=O)N1CCC(CCN2CCN(c3cccc(C#N)c3)CC2)CC1. The first-order valence-corrected chi connectivity index (χ1v) is 10.8. The third kappa shape index (κ3) is 6.37. The van der Waals surface area contributed by atoms with Crippen LogP contribution in [0.5, 0.6) is 0 Å². The van der Waals surface area contributed by atoms with Crippen LogP contribution in [-0.2, 0) is 4.74 Å². The Morgan fingerprint density at radius 2 is 1.83 bits per heavy atom. The molecule has 1 aromatic rings. The molecule has 2 fully saturated rings. The maximum absolute atomic E-state index is 12.2. The lowest BCUT2D eigenvalue weighted by molar-refractivity contribution is 0.0177. The molecule has 0 aromatic heterocycles. The first-order chi connectivity index (χ1) is 13.8. The Morgan fingerprint density at radius 3 is 2.45 bits per heavy atom. The Hall–Kier alpha value is -2.26. The van der Waals surface area contributed by atoms with Gasteiger partial charge in [0.25, 0.3) is 0 Å². The van der Waals surface area contributed by atoms with Gasteiger partial charge >= 0.3 is 6.09 Å². The van der Waals surface area contributed by atoms with Gasteiger partial charge in [0.15, 0.2) is 0 Å². The predicted octanol–water partition coefficient (Wildman–Crippen LogP) is 3.72. The summed E-state index contributed by atoms with van der Waals surface area (Å²) in [6.45, 7) is 12.6. The second kappa shape index (κ2) is 9.49. The van der Waals surface area contributed by atoms with E-state index in [1.165, 1.54) is 6.42 Å². The zero-order valence-electron chi connectivity index (χ0n) is 18.1. The molecule has 2 heterocycles. The van der Waals surface area contributed by atoms with Crippen molar-refractivity contribution >= 4 is 11.8 Å². The van der Waals surface area contributed by atoms with Crippen LogP contribution in [-0.4, -0.2) is 67.3 Å². The summed E-state index contributed by atoms with van der Waals surface area (Å²) in [5, 5.41) is 9.09. The largest absolute Gasteiger partial charge is 0.444 e. The highest BCUT2D eigenvalue weighted by atomic mass is 16.6. The number of hydrogen-bond acceptors (Lipinski definition) is 5. The molecule has 29 heavy (non-hydrogen) atoms. The summed E-state index contributed by atoms with van der Waals surface area (Å²) in [5.74, 6) is 0.694. The third-order valence-electron chi connectivity index (χ3n) is 5.83. The molecule has 2 aliphatic rings. The number of piperazine rings is 1. The second-order valence-corrected chi connectivity index (χ2v) is 9.19. The molecule has 0 unspecified atom stereocenters. The molecular formula is C23H34N4O2. The molecule has 0 aliphatic carbocycles. The van der Waals surface area contributed by atoms with Crippen LogP contribution in [0.2, 0.25) is 0 Å². The van der Waals surface area contributed by atoms with E-state index >= 15 is 0 Å². The second-order valence-electron chi connectivity index (χ2n) is 9.19. The molecule has 0 saturated carbocycles. The topological polar surface area (TPSA) is 59.8 Å². The van der Waals surface area contributed by atoms with Gasteiger partial charge in [-0.3, -0.25) is 4.90 Å². The number of piperidine rings is 1. The molecule has 0 radical (unpaired) electrons. The summed E-state index contributed by atoms with van der Waals surface area (Å²) in [4.78, 5) is 19.0. The summed E-state index contributed by atoms with van der Waals surface area (Å²) < 4.78 is 5.48. The van der Waals surface area contributed by atoms with Crippen LogP contribution in [0.4, 0.5) is 10.5 Å². The van der Waals surface area contributed by atoms with Gasteiger partial charge in [0.05, 0.1) is 11.6 Å². The first-order valence-electron chi connectivity index (χ1n) is 10.8. The molecule has 0 spiro atoms. The van der Waals surface area contributed by atoms with Gasteiger partial charge in [-0.15, -0.1) is 0 Å². The Bertz CT molecular complexity index is 721. The molecular weight excluding hydrogens is 364 g/mol. The number of nitrogens with zero attached hydrogens (tertiary/aromatic N) is 4. The molecule has 6 heteroatoms. The molecule has 3 rings (SSSR count). The number of likely N-dealkylation sites (tertiary alicyclic amines) is 1. The lowest BCUT2D eigenvalue weighted by Gasteiger charge is -2.38. The van der Waals surface area contributed by atoms with Crippen molar-refractivity contribution in [1.82, 2.24) is 9.80 Å². The first kappa shape index (κ1) is 21.4. The van der Waals surface area contributed by atoms with Gasteiger partial charge in [0.1, 0.15) is 5.60 Å². The maximum atomic E-state index is 12.2. The van der Waals surface area contributed by atoms with Crippen molar-refractivity contribution in [2.45, 2.75) is 45.6 Å². The average molecular weight is 399 g/mol. The quantitative estimate of drug-likeness (QED) is 0.774. The minimum absolute atomic E-state index is 0.174. The highest BCUT2D eigenvalue weighted by Crippen LogP contribution is 2.23. The molecule has 1 amide bonds. The van der Waals surface area contributed by atoms with E-state index in [9.17, 15) is 4.79 Å². The maximum Gasteiger partial charge on any atom is 0.410 e. The Kier molecular flexibility index (Phi) is 7.02. The van der Waals surface area contributed by atoms with Crippen LogP contribution in [0, 0.1) is 17.2 Å². The van der Waals surface area contributed by atoms with E-state index in [0.717, 1.165) is 69.9 Å².